The first-order valence-corrected chi connectivity index (χ1v) is 7.79. The number of thiocarbonyl (C=S) groups is 1. The van der Waals surface area contributed by atoms with Crippen LogP contribution in [0.5, 0.6) is 0 Å². The molecule has 2 rings (SSSR count). The lowest BCUT2D eigenvalue weighted by Gasteiger charge is -2.33. The zero-order valence-corrected chi connectivity index (χ0v) is 10.9. The minimum Gasteiger partial charge on any atom is -0.346 e. The molecule has 84 valence electrons. The maximum absolute atomic E-state index is 11.6. The van der Waals surface area contributed by atoms with Crippen molar-refractivity contribution in [3.8, 4) is 0 Å². The summed E-state index contributed by atoms with van der Waals surface area (Å²) in [6.45, 7) is 6.30. The second-order valence-electron chi connectivity index (χ2n) is 4.18. The van der Waals surface area contributed by atoms with Crippen LogP contribution in [0.15, 0.2) is 12.7 Å². The number of sulfone groups is 1. The Labute approximate surface area is 99.8 Å². The standard InChI is InChI=1S/C9H13NO2S3/c1-3-4-10-8(13)14-7-5-15(11,12)6-9(7,10)2/h3,7H,1,4-6H2,2H3/t7-,9+/m1/s1. The van der Waals surface area contributed by atoms with E-state index in [9.17, 15) is 8.42 Å². The number of rotatable bonds is 2. The number of thioether (sulfide) groups is 1. The molecule has 15 heavy (non-hydrogen) atoms. The zero-order chi connectivity index (χ0) is 11.3. The topological polar surface area (TPSA) is 37.4 Å². The van der Waals surface area contributed by atoms with E-state index >= 15 is 0 Å². The van der Waals surface area contributed by atoms with Crippen LogP contribution in [0.4, 0.5) is 0 Å². The second kappa shape index (κ2) is 3.46. The molecule has 0 aliphatic carbocycles. The van der Waals surface area contributed by atoms with Crippen molar-refractivity contribution in [3.05, 3.63) is 12.7 Å². The van der Waals surface area contributed by atoms with Crippen molar-refractivity contribution < 1.29 is 8.42 Å². The van der Waals surface area contributed by atoms with Gasteiger partial charge in [-0.3, -0.25) is 0 Å². The molecule has 0 N–H and O–H groups in total. The van der Waals surface area contributed by atoms with Crippen LogP contribution < -0.4 is 0 Å². The van der Waals surface area contributed by atoms with Gasteiger partial charge in [0.1, 0.15) is 4.32 Å². The van der Waals surface area contributed by atoms with Gasteiger partial charge in [0, 0.05) is 11.8 Å². The lowest BCUT2D eigenvalue weighted by Crippen LogP contribution is -2.48. The molecule has 3 nitrogen and oxygen atoms in total. The molecule has 2 aliphatic rings. The number of hydrogen-bond acceptors (Lipinski definition) is 4. The Bertz CT molecular complexity index is 417. The minimum atomic E-state index is -2.90. The molecule has 0 amide bonds. The van der Waals surface area contributed by atoms with Gasteiger partial charge >= 0.3 is 0 Å². The summed E-state index contributed by atoms with van der Waals surface area (Å²) < 4.78 is 24.0. The quantitative estimate of drug-likeness (QED) is 0.550. The van der Waals surface area contributed by atoms with Crippen LogP contribution in [0.2, 0.25) is 0 Å². The SMILES string of the molecule is C=CCN1C(=S)S[C@@H]2CS(=O)(=O)C[C@@]21C. The fourth-order valence-electron chi connectivity index (χ4n) is 2.23. The van der Waals surface area contributed by atoms with Crippen molar-refractivity contribution >= 4 is 38.1 Å². The van der Waals surface area contributed by atoms with E-state index in [2.05, 4.69) is 6.58 Å². The average molecular weight is 263 g/mol. The van der Waals surface area contributed by atoms with Crippen molar-refractivity contribution in [2.45, 2.75) is 17.7 Å². The molecule has 0 aromatic rings. The Balaban J connectivity index is 2.35. The molecule has 2 aliphatic heterocycles. The molecule has 2 saturated heterocycles. The molecule has 0 bridgehead atoms. The molecule has 0 aromatic carbocycles. The van der Waals surface area contributed by atoms with Gasteiger partial charge in [0.15, 0.2) is 9.84 Å². The van der Waals surface area contributed by atoms with E-state index in [0.717, 1.165) is 4.32 Å². The van der Waals surface area contributed by atoms with Crippen molar-refractivity contribution in [2.75, 3.05) is 18.1 Å². The number of nitrogens with zero attached hydrogens (tertiary/aromatic N) is 1. The highest BCUT2D eigenvalue weighted by Gasteiger charge is 2.56. The van der Waals surface area contributed by atoms with Crippen molar-refractivity contribution in [3.63, 3.8) is 0 Å². The Kier molecular flexibility index (Phi) is 2.64. The molecular weight excluding hydrogens is 250 g/mol. The van der Waals surface area contributed by atoms with E-state index in [4.69, 9.17) is 12.2 Å². The number of hydrogen-bond donors (Lipinski definition) is 0. The van der Waals surface area contributed by atoms with Crippen LogP contribution in [0, 0.1) is 0 Å². The molecule has 0 aromatic heterocycles. The molecule has 0 saturated carbocycles. The van der Waals surface area contributed by atoms with Gasteiger partial charge in [-0.05, 0) is 6.92 Å². The van der Waals surface area contributed by atoms with E-state index in [1.54, 1.807) is 6.08 Å². The molecule has 2 atom stereocenters. The van der Waals surface area contributed by atoms with Crippen molar-refractivity contribution in [1.29, 1.82) is 0 Å². The maximum Gasteiger partial charge on any atom is 0.153 e. The summed E-state index contributed by atoms with van der Waals surface area (Å²) in [5, 5.41) is 0.0925. The maximum atomic E-state index is 11.6. The van der Waals surface area contributed by atoms with E-state index < -0.39 is 9.84 Å². The lowest BCUT2D eigenvalue weighted by atomic mass is 10.00. The normalized spacial score (nSPS) is 38.1. The first-order chi connectivity index (χ1) is 6.89. The summed E-state index contributed by atoms with van der Waals surface area (Å²) in [6.07, 6.45) is 1.77. The summed E-state index contributed by atoms with van der Waals surface area (Å²) in [4.78, 5) is 2.00. The van der Waals surface area contributed by atoms with Crippen LogP contribution >= 0.6 is 24.0 Å². The van der Waals surface area contributed by atoms with E-state index in [-0.39, 0.29) is 22.3 Å². The molecule has 0 unspecified atom stereocenters. The third-order valence-electron chi connectivity index (χ3n) is 3.00. The highest BCUT2D eigenvalue weighted by Crippen LogP contribution is 2.45. The van der Waals surface area contributed by atoms with Crippen LogP contribution in [0.25, 0.3) is 0 Å². The zero-order valence-electron chi connectivity index (χ0n) is 8.47. The third-order valence-corrected chi connectivity index (χ3v) is 6.97. The fourth-order valence-corrected chi connectivity index (χ4v) is 7.16. The minimum absolute atomic E-state index is 0.0925. The van der Waals surface area contributed by atoms with Gasteiger partial charge in [0.05, 0.1) is 17.0 Å². The number of fused-ring (bicyclic) bond motifs is 1. The summed E-state index contributed by atoms with van der Waals surface area (Å²) in [6, 6.07) is 0. The van der Waals surface area contributed by atoms with Gasteiger partial charge < -0.3 is 4.90 Å². The van der Waals surface area contributed by atoms with Gasteiger partial charge in [-0.2, -0.15) is 0 Å². The second-order valence-corrected chi connectivity index (χ2v) is 8.13. The molecular formula is C9H13NO2S3. The van der Waals surface area contributed by atoms with Gasteiger partial charge in [-0.15, -0.1) is 6.58 Å². The molecule has 6 heteroatoms. The summed E-state index contributed by atoms with van der Waals surface area (Å²) in [5.74, 6) is 0.466. The summed E-state index contributed by atoms with van der Waals surface area (Å²) in [7, 11) is -2.90. The van der Waals surface area contributed by atoms with Crippen molar-refractivity contribution in [2.24, 2.45) is 0 Å². The van der Waals surface area contributed by atoms with Crippen LogP contribution in [0.1, 0.15) is 6.92 Å². The molecule has 0 radical (unpaired) electrons. The van der Waals surface area contributed by atoms with Gasteiger partial charge in [0.2, 0.25) is 0 Å². The van der Waals surface area contributed by atoms with Crippen LogP contribution in [0.3, 0.4) is 0 Å². The largest absolute Gasteiger partial charge is 0.346 e. The third kappa shape index (κ3) is 1.72. The fraction of sp³-hybridized carbons (Fsp3) is 0.667. The first-order valence-electron chi connectivity index (χ1n) is 4.69. The molecule has 2 fully saturated rings. The average Bonchev–Trinajstić information content (AvgIpc) is 2.42. The van der Waals surface area contributed by atoms with Crippen LogP contribution in [-0.2, 0) is 9.84 Å². The smallest absolute Gasteiger partial charge is 0.153 e. The summed E-state index contributed by atoms with van der Waals surface area (Å²) in [5.41, 5.74) is -0.325. The Morgan fingerprint density at radius 2 is 2.47 bits per heavy atom. The first kappa shape index (κ1) is 11.4. The van der Waals surface area contributed by atoms with E-state index in [1.165, 1.54) is 11.8 Å². The molecule has 0 spiro atoms. The predicted molar refractivity (Wildman–Crippen MR) is 67.9 cm³/mol. The van der Waals surface area contributed by atoms with Crippen molar-refractivity contribution in [1.82, 2.24) is 4.90 Å². The van der Waals surface area contributed by atoms with E-state index in [0.29, 0.717) is 6.54 Å². The summed E-state index contributed by atoms with van der Waals surface area (Å²) >= 11 is 6.77. The molecule has 2 heterocycles. The van der Waals surface area contributed by atoms with Gasteiger partial charge in [-0.1, -0.05) is 30.1 Å². The predicted octanol–water partition coefficient (Wildman–Crippen LogP) is 1.06. The highest BCUT2D eigenvalue weighted by molar-refractivity contribution is 8.24. The Hall–Kier alpha value is -0.0700. The van der Waals surface area contributed by atoms with E-state index in [1.807, 2.05) is 11.8 Å². The monoisotopic (exact) mass is 263 g/mol. The highest BCUT2D eigenvalue weighted by atomic mass is 32.2. The van der Waals surface area contributed by atoms with Gasteiger partial charge in [0.25, 0.3) is 0 Å². The Morgan fingerprint density at radius 1 is 1.80 bits per heavy atom. The lowest BCUT2D eigenvalue weighted by molar-refractivity contribution is 0.267. The Morgan fingerprint density at radius 3 is 3.07 bits per heavy atom. The van der Waals surface area contributed by atoms with Gasteiger partial charge in [-0.25, -0.2) is 8.42 Å². The van der Waals surface area contributed by atoms with Crippen LogP contribution in [-0.4, -0.2) is 46.5 Å².